The van der Waals surface area contributed by atoms with Gasteiger partial charge in [-0.25, -0.2) is 9.97 Å². The van der Waals surface area contributed by atoms with Gasteiger partial charge in [0.05, 0.1) is 23.5 Å². The van der Waals surface area contributed by atoms with Crippen molar-refractivity contribution in [1.29, 1.82) is 0 Å². The van der Waals surface area contributed by atoms with Crippen molar-refractivity contribution < 1.29 is 0 Å². The second kappa shape index (κ2) is 4.96. The van der Waals surface area contributed by atoms with E-state index in [1.54, 1.807) is 10.9 Å². The standard InChI is InChI=1S/C17H19ClN6/c1-22-14-5-6-24(9-13(14)21-17(22)10-3-4-10)15-7-11(18)16-12(20-15)8-19-23(16)2/h7-8,10H,3-6,9H2,1-2H3. The molecule has 0 amide bonds. The molecule has 4 heterocycles. The minimum Gasteiger partial charge on any atom is -0.350 e. The van der Waals surface area contributed by atoms with Crippen molar-refractivity contribution in [1.82, 2.24) is 24.3 Å². The van der Waals surface area contributed by atoms with Gasteiger partial charge >= 0.3 is 0 Å². The van der Waals surface area contributed by atoms with Crippen LogP contribution in [0.25, 0.3) is 11.0 Å². The molecule has 0 N–H and O–H groups in total. The zero-order valence-corrected chi connectivity index (χ0v) is 14.6. The Hall–Kier alpha value is -2.08. The van der Waals surface area contributed by atoms with Crippen LogP contribution in [0.3, 0.4) is 0 Å². The van der Waals surface area contributed by atoms with Gasteiger partial charge in [0.15, 0.2) is 0 Å². The molecule has 0 atom stereocenters. The van der Waals surface area contributed by atoms with E-state index in [-0.39, 0.29) is 0 Å². The minimum absolute atomic E-state index is 0.674. The third-order valence-corrected chi connectivity index (χ3v) is 5.48. The summed E-state index contributed by atoms with van der Waals surface area (Å²) in [4.78, 5) is 11.9. The van der Waals surface area contributed by atoms with Gasteiger partial charge in [-0.3, -0.25) is 4.68 Å². The van der Waals surface area contributed by atoms with E-state index in [0.717, 1.165) is 36.4 Å². The van der Waals surface area contributed by atoms with Gasteiger partial charge in [-0.05, 0) is 12.8 Å². The summed E-state index contributed by atoms with van der Waals surface area (Å²) in [6.07, 6.45) is 5.33. The van der Waals surface area contributed by atoms with E-state index < -0.39 is 0 Å². The minimum atomic E-state index is 0.674. The molecule has 1 aliphatic carbocycles. The zero-order valence-electron chi connectivity index (χ0n) is 13.8. The first-order valence-electron chi connectivity index (χ1n) is 8.39. The summed E-state index contributed by atoms with van der Waals surface area (Å²) in [6.45, 7) is 1.73. The van der Waals surface area contributed by atoms with Gasteiger partial charge in [-0.2, -0.15) is 5.10 Å². The topological polar surface area (TPSA) is 51.8 Å². The summed E-state index contributed by atoms with van der Waals surface area (Å²) in [5.74, 6) is 2.84. The number of hydrogen-bond acceptors (Lipinski definition) is 4. The Morgan fingerprint density at radius 2 is 2.04 bits per heavy atom. The van der Waals surface area contributed by atoms with E-state index in [1.807, 2.05) is 13.1 Å². The van der Waals surface area contributed by atoms with Gasteiger partial charge in [-0.1, -0.05) is 11.6 Å². The molecule has 24 heavy (non-hydrogen) atoms. The number of hydrogen-bond donors (Lipinski definition) is 0. The van der Waals surface area contributed by atoms with Gasteiger partial charge in [0.25, 0.3) is 0 Å². The van der Waals surface area contributed by atoms with Gasteiger partial charge in [0.2, 0.25) is 0 Å². The molecule has 5 rings (SSSR count). The van der Waals surface area contributed by atoms with Gasteiger partial charge in [-0.15, -0.1) is 0 Å². The Bertz CT molecular complexity index is 952. The van der Waals surface area contributed by atoms with Crippen LogP contribution in [0, 0.1) is 0 Å². The second-order valence-corrected chi connectivity index (χ2v) is 7.24. The largest absolute Gasteiger partial charge is 0.350 e. The maximum absolute atomic E-state index is 6.46. The van der Waals surface area contributed by atoms with Crippen LogP contribution in [0.4, 0.5) is 5.82 Å². The molecule has 1 saturated carbocycles. The highest BCUT2D eigenvalue weighted by Crippen LogP contribution is 2.40. The molecule has 1 fully saturated rings. The first-order valence-corrected chi connectivity index (χ1v) is 8.77. The van der Waals surface area contributed by atoms with Crippen LogP contribution in [0.1, 0.15) is 36.0 Å². The molecular formula is C17H19ClN6. The Morgan fingerprint density at radius 1 is 1.21 bits per heavy atom. The van der Waals surface area contributed by atoms with Crippen LogP contribution >= 0.6 is 11.6 Å². The Kier molecular flexibility index (Phi) is 2.95. The smallest absolute Gasteiger partial charge is 0.131 e. The fourth-order valence-corrected chi connectivity index (χ4v) is 4.05. The summed E-state index contributed by atoms with van der Waals surface area (Å²) >= 11 is 6.46. The number of rotatable bonds is 2. The molecule has 0 radical (unpaired) electrons. The molecule has 6 nitrogen and oxygen atoms in total. The predicted molar refractivity (Wildman–Crippen MR) is 93.5 cm³/mol. The molecule has 3 aromatic heterocycles. The number of nitrogens with zero attached hydrogens (tertiary/aromatic N) is 6. The van der Waals surface area contributed by atoms with Crippen molar-refractivity contribution >= 4 is 28.5 Å². The number of anilines is 1. The van der Waals surface area contributed by atoms with Crippen LogP contribution in [0.2, 0.25) is 5.02 Å². The number of aryl methyl sites for hydroxylation is 1. The lowest BCUT2D eigenvalue weighted by Gasteiger charge is -2.28. The van der Waals surface area contributed by atoms with E-state index in [0.29, 0.717) is 10.9 Å². The van der Waals surface area contributed by atoms with E-state index in [9.17, 15) is 0 Å². The molecule has 2 aliphatic rings. The third kappa shape index (κ3) is 2.05. The highest BCUT2D eigenvalue weighted by atomic mass is 35.5. The van der Waals surface area contributed by atoms with Crippen LogP contribution in [-0.2, 0) is 27.1 Å². The predicted octanol–water partition coefficient (Wildman–Crippen LogP) is 2.80. The number of fused-ring (bicyclic) bond motifs is 2. The number of halogens is 1. The first-order chi connectivity index (χ1) is 11.6. The fraction of sp³-hybridized carbons (Fsp3) is 0.471. The molecule has 1 aliphatic heterocycles. The Balaban J connectivity index is 1.51. The van der Waals surface area contributed by atoms with E-state index in [2.05, 4.69) is 21.6 Å². The third-order valence-electron chi connectivity index (χ3n) is 5.19. The van der Waals surface area contributed by atoms with Crippen molar-refractivity contribution in [3.63, 3.8) is 0 Å². The number of pyridine rings is 1. The monoisotopic (exact) mass is 342 g/mol. The molecular weight excluding hydrogens is 324 g/mol. The lowest BCUT2D eigenvalue weighted by Crippen LogP contribution is -2.31. The lowest BCUT2D eigenvalue weighted by atomic mass is 10.1. The van der Waals surface area contributed by atoms with Crippen molar-refractivity contribution in [2.75, 3.05) is 11.4 Å². The lowest BCUT2D eigenvalue weighted by molar-refractivity contribution is 0.671. The Labute approximate surface area is 145 Å². The van der Waals surface area contributed by atoms with Gasteiger partial charge < -0.3 is 9.47 Å². The molecule has 0 saturated heterocycles. The summed E-state index contributed by atoms with van der Waals surface area (Å²) in [5, 5.41) is 4.95. The molecule has 0 spiro atoms. The average Bonchev–Trinajstić information content (AvgIpc) is 3.27. The quantitative estimate of drug-likeness (QED) is 0.718. The second-order valence-electron chi connectivity index (χ2n) is 6.83. The van der Waals surface area contributed by atoms with Crippen LogP contribution in [0.15, 0.2) is 12.3 Å². The summed E-state index contributed by atoms with van der Waals surface area (Å²) < 4.78 is 4.08. The Morgan fingerprint density at radius 3 is 2.83 bits per heavy atom. The molecule has 0 aromatic carbocycles. The van der Waals surface area contributed by atoms with Crippen LogP contribution in [0.5, 0.6) is 0 Å². The van der Waals surface area contributed by atoms with Crippen LogP contribution < -0.4 is 4.90 Å². The summed E-state index contributed by atoms with van der Waals surface area (Å²) in [6, 6.07) is 1.95. The molecule has 7 heteroatoms. The molecule has 0 unspecified atom stereocenters. The van der Waals surface area contributed by atoms with E-state index >= 15 is 0 Å². The average molecular weight is 343 g/mol. The van der Waals surface area contributed by atoms with Gasteiger partial charge in [0.1, 0.15) is 22.7 Å². The molecule has 3 aromatic rings. The fourth-order valence-electron chi connectivity index (χ4n) is 3.74. The van der Waals surface area contributed by atoms with E-state index in [1.165, 1.54) is 30.1 Å². The highest BCUT2D eigenvalue weighted by molar-refractivity contribution is 6.35. The molecule has 0 bridgehead atoms. The number of imidazole rings is 1. The SMILES string of the molecule is Cn1c(C2CC2)nc2c1CCN(c1cc(Cl)c3c(cnn3C)n1)C2. The van der Waals surface area contributed by atoms with Crippen LogP contribution in [-0.4, -0.2) is 30.9 Å². The van der Waals surface area contributed by atoms with Gasteiger partial charge in [0, 0.05) is 44.7 Å². The van der Waals surface area contributed by atoms with E-state index in [4.69, 9.17) is 21.6 Å². The molecule has 124 valence electrons. The van der Waals surface area contributed by atoms with Crippen molar-refractivity contribution in [3.05, 3.63) is 34.5 Å². The summed E-state index contributed by atoms with van der Waals surface area (Å²) in [5.41, 5.74) is 4.29. The zero-order chi connectivity index (χ0) is 16.4. The number of aromatic nitrogens is 5. The van der Waals surface area contributed by atoms with Crippen molar-refractivity contribution in [2.24, 2.45) is 14.1 Å². The maximum Gasteiger partial charge on any atom is 0.131 e. The van der Waals surface area contributed by atoms with Crippen molar-refractivity contribution in [3.8, 4) is 0 Å². The first kappa shape index (κ1) is 14.3. The van der Waals surface area contributed by atoms with Crippen molar-refractivity contribution in [2.45, 2.75) is 31.7 Å². The normalized spacial score (nSPS) is 17.5. The maximum atomic E-state index is 6.46. The highest BCUT2D eigenvalue weighted by Gasteiger charge is 2.32. The summed E-state index contributed by atoms with van der Waals surface area (Å²) in [7, 11) is 4.04.